The monoisotopic (exact) mass is 197 g/mol. The predicted molar refractivity (Wildman–Crippen MR) is 48.9 cm³/mol. The zero-order chi connectivity index (χ0) is 10.6. The van der Waals surface area contributed by atoms with Crippen molar-refractivity contribution in [2.75, 3.05) is 6.61 Å². The highest BCUT2D eigenvalue weighted by Crippen LogP contribution is 1.89. The average molecular weight is 197 g/mol. The van der Waals surface area contributed by atoms with Crippen molar-refractivity contribution in [1.82, 2.24) is 15.3 Å². The lowest BCUT2D eigenvalue weighted by Crippen LogP contribution is -2.35. The highest BCUT2D eigenvalue weighted by atomic mass is 16.3. The van der Waals surface area contributed by atoms with Crippen LogP contribution in [0.15, 0.2) is 17.2 Å². The van der Waals surface area contributed by atoms with E-state index in [-0.39, 0.29) is 23.9 Å². The van der Waals surface area contributed by atoms with Gasteiger partial charge in [0.15, 0.2) is 0 Å². The molecule has 0 saturated carbocycles. The Morgan fingerprint density at radius 1 is 1.79 bits per heavy atom. The predicted octanol–water partition coefficient (Wildman–Crippen LogP) is -1.12. The molecule has 6 nitrogen and oxygen atoms in total. The number of aromatic amines is 1. The van der Waals surface area contributed by atoms with Crippen molar-refractivity contribution in [3.63, 3.8) is 0 Å². The number of amides is 1. The van der Waals surface area contributed by atoms with E-state index >= 15 is 0 Å². The summed E-state index contributed by atoms with van der Waals surface area (Å²) in [6, 6.07) is -0.337. The van der Waals surface area contributed by atoms with Gasteiger partial charge in [-0.1, -0.05) is 0 Å². The van der Waals surface area contributed by atoms with Crippen LogP contribution in [-0.4, -0.2) is 33.6 Å². The SMILES string of the molecule is CC(CO)NC(=O)c1c[nH]c(=O)cn1. The summed E-state index contributed by atoms with van der Waals surface area (Å²) in [6.07, 6.45) is 2.25. The van der Waals surface area contributed by atoms with Crippen LogP contribution < -0.4 is 10.9 Å². The van der Waals surface area contributed by atoms with Crippen LogP contribution in [0.2, 0.25) is 0 Å². The molecule has 0 fully saturated rings. The molecule has 0 spiro atoms. The number of aromatic nitrogens is 2. The first-order chi connectivity index (χ1) is 6.63. The minimum atomic E-state index is -0.428. The van der Waals surface area contributed by atoms with Crippen molar-refractivity contribution in [3.05, 3.63) is 28.4 Å². The van der Waals surface area contributed by atoms with Gasteiger partial charge >= 0.3 is 0 Å². The number of rotatable bonds is 3. The molecule has 6 heteroatoms. The van der Waals surface area contributed by atoms with Crippen LogP contribution in [-0.2, 0) is 0 Å². The van der Waals surface area contributed by atoms with Crippen LogP contribution in [0, 0.1) is 0 Å². The standard InChI is InChI=1S/C8H11N3O3/c1-5(4-12)11-8(14)6-2-10-7(13)3-9-6/h2-3,5,12H,4H2,1H3,(H,10,13)(H,11,14). The van der Waals surface area contributed by atoms with Crippen molar-refractivity contribution < 1.29 is 9.90 Å². The third-order valence-electron chi connectivity index (χ3n) is 1.56. The summed E-state index contributed by atoms with van der Waals surface area (Å²) in [5.74, 6) is -0.428. The molecular formula is C8H11N3O3. The van der Waals surface area contributed by atoms with Gasteiger partial charge < -0.3 is 15.4 Å². The maximum atomic E-state index is 11.3. The average Bonchev–Trinajstić information content (AvgIpc) is 2.18. The highest BCUT2D eigenvalue weighted by Gasteiger charge is 2.09. The van der Waals surface area contributed by atoms with E-state index in [9.17, 15) is 9.59 Å². The van der Waals surface area contributed by atoms with Crippen molar-refractivity contribution in [2.45, 2.75) is 13.0 Å². The molecule has 0 aliphatic heterocycles. The van der Waals surface area contributed by atoms with E-state index in [2.05, 4.69) is 15.3 Å². The molecule has 1 aromatic heterocycles. The number of aliphatic hydroxyl groups excluding tert-OH is 1. The molecular weight excluding hydrogens is 186 g/mol. The van der Waals surface area contributed by atoms with E-state index < -0.39 is 5.91 Å². The van der Waals surface area contributed by atoms with Crippen molar-refractivity contribution >= 4 is 5.91 Å². The van der Waals surface area contributed by atoms with Gasteiger partial charge in [-0.3, -0.25) is 9.59 Å². The Bertz CT molecular complexity index is 354. The molecule has 0 saturated heterocycles. The van der Waals surface area contributed by atoms with E-state index in [1.54, 1.807) is 6.92 Å². The Morgan fingerprint density at radius 2 is 2.50 bits per heavy atom. The number of carbonyl (C=O) groups excluding carboxylic acids is 1. The number of nitrogens with zero attached hydrogens (tertiary/aromatic N) is 1. The van der Waals surface area contributed by atoms with Gasteiger partial charge in [0.1, 0.15) is 5.69 Å². The van der Waals surface area contributed by atoms with Crippen LogP contribution >= 0.6 is 0 Å². The second kappa shape index (κ2) is 4.52. The quantitative estimate of drug-likeness (QED) is 0.572. The van der Waals surface area contributed by atoms with E-state index in [0.717, 1.165) is 6.20 Å². The molecule has 14 heavy (non-hydrogen) atoms. The minimum absolute atomic E-state index is 0.116. The van der Waals surface area contributed by atoms with Gasteiger partial charge in [-0.05, 0) is 6.92 Å². The molecule has 0 aliphatic rings. The van der Waals surface area contributed by atoms with Gasteiger partial charge in [-0.2, -0.15) is 0 Å². The molecule has 1 heterocycles. The third-order valence-corrected chi connectivity index (χ3v) is 1.56. The number of hydrogen-bond acceptors (Lipinski definition) is 4. The fraction of sp³-hybridized carbons (Fsp3) is 0.375. The van der Waals surface area contributed by atoms with E-state index in [0.29, 0.717) is 0 Å². The van der Waals surface area contributed by atoms with Gasteiger partial charge in [-0.25, -0.2) is 4.98 Å². The number of carbonyl (C=O) groups is 1. The fourth-order valence-electron chi connectivity index (χ4n) is 0.810. The molecule has 1 aromatic rings. The second-order valence-corrected chi connectivity index (χ2v) is 2.85. The van der Waals surface area contributed by atoms with Crippen LogP contribution in [0.3, 0.4) is 0 Å². The lowest BCUT2D eigenvalue weighted by atomic mass is 10.3. The lowest BCUT2D eigenvalue weighted by molar-refractivity contribution is 0.0917. The van der Waals surface area contributed by atoms with Crippen LogP contribution in [0.1, 0.15) is 17.4 Å². The summed E-state index contributed by atoms with van der Waals surface area (Å²) >= 11 is 0. The molecule has 0 aromatic carbocycles. The van der Waals surface area contributed by atoms with Crippen molar-refractivity contribution in [2.24, 2.45) is 0 Å². The molecule has 1 unspecified atom stereocenters. The Balaban J connectivity index is 2.70. The summed E-state index contributed by atoms with van der Waals surface area (Å²) in [5.41, 5.74) is -0.248. The van der Waals surface area contributed by atoms with E-state index in [4.69, 9.17) is 5.11 Å². The zero-order valence-corrected chi connectivity index (χ0v) is 7.65. The molecule has 3 N–H and O–H groups in total. The highest BCUT2D eigenvalue weighted by molar-refractivity contribution is 5.92. The summed E-state index contributed by atoms with van der Waals surface area (Å²) in [4.78, 5) is 27.9. The third kappa shape index (κ3) is 2.67. The van der Waals surface area contributed by atoms with Gasteiger partial charge in [-0.15, -0.1) is 0 Å². The second-order valence-electron chi connectivity index (χ2n) is 2.85. The van der Waals surface area contributed by atoms with Crippen LogP contribution in [0.4, 0.5) is 0 Å². The number of hydrogen-bond donors (Lipinski definition) is 3. The molecule has 76 valence electrons. The fourth-order valence-corrected chi connectivity index (χ4v) is 0.810. The molecule has 1 rings (SSSR count). The number of nitrogens with one attached hydrogen (secondary N) is 2. The maximum absolute atomic E-state index is 11.3. The smallest absolute Gasteiger partial charge is 0.271 e. The largest absolute Gasteiger partial charge is 0.394 e. The van der Waals surface area contributed by atoms with Gasteiger partial charge in [0, 0.05) is 12.2 Å². The van der Waals surface area contributed by atoms with Gasteiger partial charge in [0.05, 0.1) is 12.8 Å². The molecule has 0 bridgehead atoms. The Morgan fingerprint density at radius 3 is 3.00 bits per heavy atom. The van der Waals surface area contributed by atoms with Crippen molar-refractivity contribution in [3.8, 4) is 0 Å². The normalized spacial score (nSPS) is 12.1. The first-order valence-corrected chi connectivity index (χ1v) is 4.10. The first-order valence-electron chi connectivity index (χ1n) is 4.10. The Labute approximate surface area is 80.0 Å². The summed E-state index contributed by atoms with van der Waals surface area (Å²) in [6.45, 7) is 1.51. The topological polar surface area (TPSA) is 95.1 Å². The zero-order valence-electron chi connectivity index (χ0n) is 7.65. The molecule has 1 amide bonds. The first kappa shape index (κ1) is 10.4. The minimum Gasteiger partial charge on any atom is -0.394 e. The van der Waals surface area contributed by atoms with E-state index in [1.807, 2.05) is 0 Å². The van der Waals surface area contributed by atoms with Crippen LogP contribution in [0.5, 0.6) is 0 Å². The summed E-state index contributed by atoms with van der Waals surface area (Å²) < 4.78 is 0. The Hall–Kier alpha value is -1.69. The molecule has 1 atom stereocenters. The number of aliphatic hydroxyl groups is 1. The molecule has 0 radical (unpaired) electrons. The maximum Gasteiger partial charge on any atom is 0.271 e. The summed E-state index contributed by atoms with van der Waals surface area (Å²) in [5, 5.41) is 11.2. The Kier molecular flexibility index (Phi) is 3.35. The van der Waals surface area contributed by atoms with Gasteiger partial charge in [0.2, 0.25) is 0 Å². The van der Waals surface area contributed by atoms with Gasteiger partial charge in [0.25, 0.3) is 11.5 Å². The number of H-pyrrole nitrogens is 1. The summed E-state index contributed by atoms with van der Waals surface area (Å²) in [7, 11) is 0. The van der Waals surface area contributed by atoms with E-state index in [1.165, 1.54) is 6.20 Å². The lowest BCUT2D eigenvalue weighted by Gasteiger charge is -2.09. The van der Waals surface area contributed by atoms with Crippen molar-refractivity contribution in [1.29, 1.82) is 0 Å². The molecule has 0 aliphatic carbocycles. The van der Waals surface area contributed by atoms with Crippen LogP contribution in [0.25, 0.3) is 0 Å².